The number of carbonyl (C=O) groups excluding carboxylic acids is 2. The maximum atomic E-state index is 12.8. The molecule has 1 aromatic rings. The molecule has 0 unspecified atom stereocenters. The average molecular weight is 581 g/mol. The van der Waals surface area contributed by atoms with E-state index in [0.717, 1.165) is 19.3 Å². The standard InChI is InChI=1S/C27H32O14/c1-12(29)41-27(2)9-16(38-18(31)8-5-13-3-6-14(30)7-4-13)19-15(24(35)36)11-37-25(20(19)27)40-26-23(34)22(33)21(32)17(10-28)39-26/h3-8,11,16-17,19-23,25-26,28,30,32-34H,9-10H2,1-2H3,(H,35,36)/b8-5+/t16-,17-,19+,20-,21+,22+,23-,25+,26+,27+/m1/s1. The van der Waals surface area contributed by atoms with Crippen LogP contribution < -0.4 is 0 Å². The normalized spacial score (nSPS) is 36.6. The number of hydrogen-bond donors (Lipinski definition) is 6. The van der Waals surface area contributed by atoms with Crippen molar-refractivity contribution >= 4 is 24.0 Å². The number of aliphatic carboxylic acids is 1. The van der Waals surface area contributed by atoms with E-state index in [9.17, 15) is 45.0 Å². The number of hydrogen-bond acceptors (Lipinski definition) is 13. The number of phenols is 1. The third kappa shape index (κ3) is 6.37. The Morgan fingerprint density at radius 3 is 2.37 bits per heavy atom. The van der Waals surface area contributed by atoms with Crippen LogP contribution in [0.1, 0.15) is 25.8 Å². The van der Waals surface area contributed by atoms with Crippen LogP contribution in [0.3, 0.4) is 0 Å². The number of ether oxygens (including phenoxy) is 5. The fraction of sp³-hybridized carbons (Fsp3) is 0.519. The molecule has 3 aliphatic rings. The molecule has 4 rings (SSSR count). The Labute approximate surface area is 234 Å². The number of carboxylic acid groups (broad SMARTS) is 1. The van der Waals surface area contributed by atoms with Crippen molar-refractivity contribution in [3.63, 3.8) is 0 Å². The Hall–Kier alpha value is -3.53. The van der Waals surface area contributed by atoms with Gasteiger partial charge in [0.1, 0.15) is 41.9 Å². The number of aliphatic hydroxyl groups is 4. The molecule has 2 heterocycles. The van der Waals surface area contributed by atoms with Crippen molar-refractivity contribution < 1.29 is 68.7 Å². The van der Waals surface area contributed by atoms with Crippen molar-refractivity contribution in [3.05, 3.63) is 47.7 Å². The van der Waals surface area contributed by atoms with Gasteiger partial charge in [-0.05, 0) is 30.7 Å². The van der Waals surface area contributed by atoms with Crippen molar-refractivity contribution in [2.75, 3.05) is 6.61 Å². The minimum absolute atomic E-state index is 0.0412. The van der Waals surface area contributed by atoms with Gasteiger partial charge >= 0.3 is 17.9 Å². The molecule has 2 fully saturated rings. The van der Waals surface area contributed by atoms with Crippen LogP contribution in [-0.2, 0) is 38.1 Å². The summed E-state index contributed by atoms with van der Waals surface area (Å²) in [6, 6.07) is 5.98. The highest BCUT2D eigenvalue weighted by Gasteiger charge is 2.63. The highest BCUT2D eigenvalue weighted by molar-refractivity contribution is 5.89. The Morgan fingerprint density at radius 2 is 1.76 bits per heavy atom. The van der Waals surface area contributed by atoms with Crippen LogP contribution in [0.4, 0.5) is 0 Å². The lowest BCUT2D eigenvalue weighted by Crippen LogP contribution is -2.61. The number of carbonyl (C=O) groups is 3. The first-order valence-corrected chi connectivity index (χ1v) is 12.8. The highest BCUT2D eigenvalue weighted by atomic mass is 16.8. The molecular formula is C27H32O14. The summed E-state index contributed by atoms with van der Waals surface area (Å²) in [4.78, 5) is 37.1. The predicted octanol–water partition coefficient (Wildman–Crippen LogP) is -0.584. The largest absolute Gasteiger partial charge is 0.508 e. The van der Waals surface area contributed by atoms with Gasteiger partial charge in [0.25, 0.3) is 0 Å². The number of phenolic OH excluding ortho intramolecular Hbond substituents is 1. The summed E-state index contributed by atoms with van der Waals surface area (Å²) >= 11 is 0. The van der Waals surface area contributed by atoms with Crippen LogP contribution in [0.5, 0.6) is 5.75 Å². The zero-order valence-electron chi connectivity index (χ0n) is 22.1. The average Bonchev–Trinajstić information content (AvgIpc) is 3.19. The molecule has 14 heteroatoms. The molecular weight excluding hydrogens is 548 g/mol. The number of aromatic hydroxyl groups is 1. The second-order valence-corrected chi connectivity index (χ2v) is 10.3. The van der Waals surface area contributed by atoms with E-state index in [0.29, 0.717) is 5.56 Å². The van der Waals surface area contributed by atoms with Crippen LogP contribution in [0.15, 0.2) is 42.2 Å². The topological polar surface area (TPSA) is 219 Å². The second kappa shape index (κ2) is 12.1. The summed E-state index contributed by atoms with van der Waals surface area (Å²) in [5.74, 6) is -5.13. The summed E-state index contributed by atoms with van der Waals surface area (Å²) in [6.45, 7) is 1.92. The monoisotopic (exact) mass is 580 g/mol. The maximum absolute atomic E-state index is 12.8. The number of benzene rings is 1. The van der Waals surface area contributed by atoms with Gasteiger partial charge < -0.3 is 54.3 Å². The summed E-state index contributed by atoms with van der Waals surface area (Å²) in [5, 5.41) is 59.5. The molecule has 1 aromatic carbocycles. The number of aliphatic hydroxyl groups excluding tert-OH is 4. The number of fused-ring (bicyclic) bond motifs is 1. The Bertz CT molecular complexity index is 1190. The number of carboxylic acids is 1. The maximum Gasteiger partial charge on any atom is 0.335 e. The van der Waals surface area contributed by atoms with E-state index in [-0.39, 0.29) is 17.7 Å². The molecule has 14 nitrogen and oxygen atoms in total. The molecule has 1 aliphatic carbocycles. The van der Waals surface area contributed by atoms with Gasteiger partial charge in [-0.2, -0.15) is 0 Å². The first-order valence-electron chi connectivity index (χ1n) is 12.8. The number of esters is 2. The molecule has 2 aliphatic heterocycles. The molecule has 41 heavy (non-hydrogen) atoms. The second-order valence-electron chi connectivity index (χ2n) is 10.3. The first-order chi connectivity index (χ1) is 19.3. The molecule has 0 bridgehead atoms. The molecule has 224 valence electrons. The van der Waals surface area contributed by atoms with Gasteiger partial charge in [0.2, 0.25) is 6.29 Å². The zero-order chi connectivity index (χ0) is 30.1. The zero-order valence-corrected chi connectivity index (χ0v) is 22.1. The SMILES string of the molecule is CC(=O)O[C@@]1(C)C[C@@H](OC(=O)/C=C/c2ccc(O)cc2)[C@@H]2C(C(=O)O)=CO[C@@H](O[C@@H]3O[C@H](CO)[C@H](O)[C@H](O)[C@H]3O)[C@@H]21. The molecule has 1 saturated heterocycles. The Kier molecular flexibility index (Phi) is 9.01. The fourth-order valence-electron chi connectivity index (χ4n) is 5.54. The van der Waals surface area contributed by atoms with Crippen molar-refractivity contribution in [2.24, 2.45) is 11.8 Å². The lowest BCUT2D eigenvalue weighted by molar-refractivity contribution is -0.346. The van der Waals surface area contributed by atoms with Crippen molar-refractivity contribution in [1.82, 2.24) is 0 Å². The molecule has 0 radical (unpaired) electrons. The smallest absolute Gasteiger partial charge is 0.335 e. The van der Waals surface area contributed by atoms with Crippen LogP contribution in [0.25, 0.3) is 6.08 Å². The van der Waals surface area contributed by atoms with Gasteiger partial charge in [-0.15, -0.1) is 0 Å². The van der Waals surface area contributed by atoms with E-state index in [1.54, 1.807) is 12.1 Å². The van der Waals surface area contributed by atoms with Gasteiger partial charge in [0.05, 0.1) is 24.4 Å². The van der Waals surface area contributed by atoms with Gasteiger partial charge in [0, 0.05) is 25.3 Å². The van der Waals surface area contributed by atoms with Gasteiger partial charge in [-0.1, -0.05) is 12.1 Å². The van der Waals surface area contributed by atoms with Gasteiger partial charge in [-0.3, -0.25) is 4.79 Å². The van der Waals surface area contributed by atoms with Crippen molar-refractivity contribution in [3.8, 4) is 5.75 Å². The molecule has 0 amide bonds. The van der Waals surface area contributed by atoms with E-state index in [1.807, 2.05) is 0 Å². The minimum Gasteiger partial charge on any atom is -0.508 e. The summed E-state index contributed by atoms with van der Waals surface area (Å²) in [6.07, 6.45) is -7.42. The molecule has 6 N–H and O–H groups in total. The van der Waals surface area contributed by atoms with Crippen molar-refractivity contribution in [1.29, 1.82) is 0 Å². The Balaban J connectivity index is 1.63. The first kappa shape index (κ1) is 30.4. The van der Waals surface area contributed by atoms with Crippen LogP contribution >= 0.6 is 0 Å². The summed E-state index contributed by atoms with van der Waals surface area (Å²) < 4.78 is 28.0. The summed E-state index contributed by atoms with van der Waals surface area (Å²) in [7, 11) is 0. The quantitative estimate of drug-likeness (QED) is 0.167. The predicted molar refractivity (Wildman–Crippen MR) is 134 cm³/mol. The lowest BCUT2D eigenvalue weighted by atomic mass is 9.80. The van der Waals surface area contributed by atoms with E-state index in [2.05, 4.69) is 0 Å². The molecule has 1 saturated carbocycles. The van der Waals surface area contributed by atoms with E-state index < -0.39 is 85.1 Å². The molecule has 0 spiro atoms. The minimum atomic E-state index is -1.79. The van der Waals surface area contributed by atoms with E-state index >= 15 is 0 Å². The number of rotatable bonds is 8. The van der Waals surface area contributed by atoms with Crippen LogP contribution in [-0.4, -0.2) is 104 Å². The van der Waals surface area contributed by atoms with E-state index in [1.165, 1.54) is 25.1 Å². The third-order valence-electron chi connectivity index (χ3n) is 7.39. The summed E-state index contributed by atoms with van der Waals surface area (Å²) in [5.41, 5.74) is -1.21. The Morgan fingerprint density at radius 1 is 1.07 bits per heavy atom. The van der Waals surface area contributed by atoms with Crippen LogP contribution in [0.2, 0.25) is 0 Å². The molecule has 10 atom stereocenters. The van der Waals surface area contributed by atoms with Crippen LogP contribution in [0, 0.1) is 11.8 Å². The van der Waals surface area contributed by atoms with Gasteiger partial charge in [0.15, 0.2) is 6.29 Å². The third-order valence-corrected chi connectivity index (χ3v) is 7.39. The molecule has 0 aromatic heterocycles. The lowest BCUT2D eigenvalue weighted by Gasteiger charge is -2.44. The van der Waals surface area contributed by atoms with Gasteiger partial charge in [-0.25, -0.2) is 9.59 Å². The fourth-order valence-corrected chi connectivity index (χ4v) is 5.54. The van der Waals surface area contributed by atoms with Crippen molar-refractivity contribution in [2.45, 2.75) is 69.0 Å². The van der Waals surface area contributed by atoms with E-state index in [4.69, 9.17) is 23.7 Å². The highest BCUT2D eigenvalue weighted by Crippen LogP contribution is 2.52.